The Morgan fingerprint density at radius 3 is 2.61 bits per heavy atom. The third-order valence-electron chi connectivity index (χ3n) is 3.68. The van der Waals surface area contributed by atoms with Gasteiger partial charge in [-0.1, -0.05) is 23.7 Å². The third kappa shape index (κ3) is 4.54. The van der Waals surface area contributed by atoms with Crippen molar-refractivity contribution in [3.8, 4) is 10.4 Å². The van der Waals surface area contributed by atoms with Crippen molar-refractivity contribution in [2.24, 2.45) is 0 Å². The maximum Gasteiger partial charge on any atom is 0.316 e. The third-order valence-corrected chi connectivity index (χ3v) is 5.15. The van der Waals surface area contributed by atoms with E-state index >= 15 is 0 Å². The highest BCUT2D eigenvalue weighted by Gasteiger charge is 2.21. The van der Waals surface area contributed by atoms with Crippen molar-refractivity contribution in [2.45, 2.75) is 6.42 Å². The molecule has 3 rings (SSSR count). The van der Waals surface area contributed by atoms with Crippen LogP contribution >= 0.6 is 22.9 Å². The molecule has 0 atom stereocenters. The van der Waals surface area contributed by atoms with Gasteiger partial charge in [-0.15, -0.1) is 11.3 Å². The molecule has 0 saturated heterocycles. The lowest BCUT2D eigenvalue weighted by Crippen LogP contribution is -2.40. The standard InChI is InChI=1S/C19H13ClN3O4S/c20-13-5-3-11(4-6-13)18-12(9-16(25)23-19(21)22-10-24)8-15(28-18)17(26)14-2-1-7-27-14/h1-8H,9H2,(H3,21,22,23,24,25). The highest BCUT2D eigenvalue weighted by Crippen LogP contribution is 2.35. The van der Waals surface area contributed by atoms with Gasteiger partial charge in [0, 0.05) is 9.90 Å². The number of nitrogens with one attached hydrogen (secondary N) is 3. The summed E-state index contributed by atoms with van der Waals surface area (Å²) in [5.74, 6) is -1.08. The number of benzene rings is 1. The number of furan rings is 1. The second kappa shape index (κ2) is 8.64. The zero-order valence-corrected chi connectivity index (χ0v) is 15.8. The normalized spacial score (nSPS) is 10.3. The fourth-order valence-corrected chi connectivity index (χ4v) is 3.74. The minimum Gasteiger partial charge on any atom is -0.461 e. The fraction of sp³-hybridized carbons (Fsp3) is 0.0526. The summed E-state index contributed by atoms with van der Waals surface area (Å²) in [7, 11) is 0. The molecule has 28 heavy (non-hydrogen) atoms. The van der Waals surface area contributed by atoms with E-state index in [1.54, 1.807) is 42.5 Å². The first-order chi connectivity index (χ1) is 13.5. The van der Waals surface area contributed by atoms with Crippen LogP contribution in [0.25, 0.3) is 10.4 Å². The monoisotopic (exact) mass is 414 g/mol. The number of guanidine groups is 1. The zero-order valence-electron chi connectivity index (χ0n) is 14.2. The number of carbonyl (C=O) groups excluding carboxylic acids is 3. The maximum atomic E-state index is 12.6. The second-order valence-corrected chi connectivity index (χ2v) is 7.09. The van der Waals surface area contributed by atoms with E-state index in [4.69, 9.17) is 21.4 Å². The first-order valence-corrected chi connectivity index (χ1v) is 9.16. The smallest absolute Gasteiger partial charge is 0.316 e. The summed E-state index contributed by atoms with van der Waals surface area (Å²) in [6.07, 6.45) is 2.63. The lowest BCUT2D eigenvalue weighted by atomic mass is 10.1. The number of halogens is 1. The molecule has 1 radical (unpaired) electrons. The zero-order chi connectivity index (χ0) is 20.1. The Morgan fingerprint density at radius 2 is 1.96 bits per heavy atom. The molecular weight excluding hydrogens is 402 g/mol. The van der Waals surface area contributed by atoms with Crippen molar-refractivity contribution >= 4 is 47.0 Å². The van der Waals surface area contributed by atoms with Gasteiger partial charge in [0.15, 0.2) is 5.76 Å². The van der Waals surface area contributed by atoms with Gasteiger partial charge in [0.25, 0.3) is 0 Å². The molecule has 3 N–H and O–H groups in total. The molecular formula is C19H13ClN3O4S. The van der Waals surface area contributed by atoms with Gasteiger partial charge in [-0.3, -0.25) is 30.4 Å². The summed E-state index contributed by atoms with van der Waals surface area (Å²) in [5, 5.41) is 12.1. The predicted octanol–water partition coefficient (Wildman–Crippen LogP) is 3.14. The molecule has 0 spiro atoms. The largest absolute Gasteiger partial charge is 0.461 e. The molecule has 0 unspecified atom stereocenters. The average molecular weight is 415 g/mol. The first kappa shape index (κ1) is 19.5. The molecule has 9 heteroatoms. The quantitative estimate of drug-likeness (QED) is 0.249. The summed E-state index contributed by atoms with van der Waals surface area (Å²) < 4.78 is 5.17. The van der Waals surface area contributed by atoms with E-state index in [9.17, 15) is 14.4 Å². The molecule has 1 aromatic carbocycles. The van der Waals surface area contributed by atoms with Gasteiger partial charge in [-0.05, 0) is 41.5 Å². The van der Waals surface area contributed by atoms with Crippen LogP contribution in [-0.2, 0) is 16.0 Å². The van der Waals surface area contributed by atoms with Crippen LogP contribution in [0.4, 0.5) is 0 Å². The highest BCUT2D eigenvalue weighted by molar-refractivity contribution is 7.17. The van der Waals surface area contributed by atoms with Gasteiger partial charge in [-0.25, -0.2) is 0 Å². The van der Waals surface area contributed by atoms with Crippen LogP contribution in [0.1, 0.15) is 21.0 Å². The molecule has 0 fully saturated rings. The van der Waals surface area contributed by atoms with Crippen LogP contribution in [0, 0.1) is 5.41 Å². The maximum absolute atomic E-state index is 12.6. The van der Waals surface area contributed by atoms with E-state index in [1.807, 2.05) is 5.32 Å². The van der Waals surface area contributed by atoms with Crippen molar-refractivity contribution in [3.63, 3.8) is 0 Å². The number of hydrogen-bond acceptors (Lipinski definition) is 6. The van der Waals surface area contributed by atoms with Crippen molar-refractivity contribution < 1.29 is 18.8 Å². The molecule has 7 nitrogen and oxygen atoms in total. The summed E-state index contributed by atoms with van der Waals surface area (Å²) in [6.45, 7) is 0. The number of hydrogen-bond donors (Lipinski definition) is 3. The molecule has 2 heterocycles. The highest BCUT2D eigenvalue weighted by atomic mass is 35.5. The van der Waals surface area contributed by atoms with Crippen molar-refractivity contribution in [1.29, 1.82) is 5.41 Å². The number of amides is 2. The van der Waals surface area contributed by atoms with Crippen molar-refractivity contribution in [3.05, 3.63) is 70.0 Å². The van der Waals surface area contributed by atoms with Crippen LogP contribution in [0.5, 0.6) is 0 Å². The van der Waals surface area contributed by atoms with Gasteiger partial charge in [0.05, 0.1) is 17.6 Å². The van der Waals surface area contributed by atoms with E-state index in [2.05, 4.69) is 5.32 Å². The minimum absolute atomic E-state index is 0.0944. The number of ketones is 1. The summed E-state index contributed by atoms with van der Waals surface area (Å²) in [6, 6.07) is 11.8. The summed E-state index contributed by atoms with van der Waals surface area (Å²) >= 11 is 7.18. The Hall–Kier alpha value is -3.23. The number of carbonyl (C=O) groups is 2. The molecule has 0 aliphatic heterocycles. The van der Waals surface area contributed by atoms with E-state index in [0.29, 0.717) is 15.5 Å². The van der Waals surface area contributed by atoms with Crippen LogP contribution in [0.2, 0.25) is 5.02 Å². The minimum atomic E-state index is -0.516. The predicted molar refractivity (Wildman–Crippen MR) is 105 cm³/mol. The second-order valence-electron chi connectivity index (χ2n) is 5.61. The van der Waals surface area contributed by atoms with E-state index in [-0.39, 0.29) is 18.0 Å². The Kier molecular flexibility index (Phi) is 6.03. The lowest BCUT2D eigenvalue weighted by Gasteiger charge is -2.06. The Balaban J connectivity index is 1.93. The SMILES string of the molecule is N=C(N[C]=O)NC(=O)Cc1cc(C(=O)c2ccco2)sc1-c1ccc(Cl)cc1. The van der Waals surface area contributed by atoms with Gasteiger partial charge in [0.2, 0.25) is 17.6 Å². The number of thiophene rings is 1. The van der Waals surface area contributed by atoms with Gasteiger partial charge >= 0.3 is 6.41 Å². The Morgan fingerprint density at radius 1 is 1.21 bits per heavy atom. The van der Waals surface area contributed by atoms with Crippen molar-refractivity contribution in [1.82, 2.24) is 10.6 Å². The van der Waals surface area contributed by atoms with Crippen LogP contribution in [0.3, 0.4) is 0 Å². The van der Waals surface area contributed by atoms with Gasteiger partial charge in [0.1, 0.15) is 0 Å². The Labute approximate surface area is 168 Å². The molecule has 0 bridgehead atoms. The van der Waals surface area contributed by atoms with Gasteiger partial charge < -0.3 is 4.42 Å². The topological polar surface area (TPSA) is 112 Å². The molecule has 2 aromatic heterocycles. The summed E-state index contributed by atoms with van der Waals surface area (Å²) in [4.78, 5) is 36.2. The molecule has 0 aliphatic rings. The van der Waals surface area contributed by atoms with Crippen molar-refractivity contribution in [2.75, 3.05) is 0 Å². The van der Waals surface area contributed by atoms with E-state index in [1.165, 1.54) is 24.0 Å². The van der Waals surface area contributed by atoms with Crippen LogP contribution < -0.4 is 10.6 Å². The van der Waals surface area contributed by atoms with Crippen LogP contribution in [0.15, 0.2) is 53.1 Å². The molecule has 141 valence electrons. The fourth-order valence-electron chi connectivity index (χ4n) is 2.49. The summed E-state index contributed by atoms with van der Waals surface area (Å²) in [5.41, 5.74) is 1.40. The average Bonchev–Trinajstić information content (AvgIpc) is 3.32. The molecule has 3 aromatic rings. The van der Waals surface area contributed by atoms with Gasteiger partial charge in [-0.2, -0.15) is 0 Å². The molecule has 2 amide bonds. The van der Waals surface area contributed by atoms with E-state index < -0.39 is 11.9 Å². The molecule has 0 aliphatic carbocycles. The number of rotatable bonds is 6. The van der Waals surface area contributed by atoms with Crippen LogP contribution in [-0.4, -0.2) is 24.1 Å². The lowest BCUT2D eigenvalue weighted by molar-refractivity contribution is -0.119. The Bertz CT molecular complexity index is 1030. The van der Waals surface area contributed by atoms with E-state index in [0.717, 1.165) is 10.4 Å². The first-order valence-electron chi connectivity index (χ1n) is 7.96. The molecule has 0 saturated carbocycles.